The van der Waals surface area contributed by atoms with Gasteiger partial charge in [-0.3, -0.25) is 4.90 Å². The molecule has 1 aromatic carbocycles. The Morgan fingerprint density at radius 3 is 2.94 bits per heavy atom. The Hall–Kier alpha value is -1.10. The molecule has 1 saturated heterocycles. The van der Waals surface area contributed by atoms with Gasteiger partial charge in [0.15, 0.2) is 0 Å². The molecule has 0 radical (unpaired) electrons. The molecule has 86 valence electrons. The third-order valence-electron chi connectivity index (χ3n) is 2.50. The average Bonchev–Trinajstić information content (AvgIpc) is 2.25. The van der Waals surface area contributed by atoms with Crippen LogP contribution < -0.4 is 4.90 Å². The number of carbonyl (C=O) groups is 1. The van der Waals surface area contributed by atoms with Gasteiger partial charge < -0.3 is 4.74 Å². The molecule has 1 fully saturated rings. The molecular formula is C11H11BrFNO2. The van der Waals surface area contributed by atoms with Gasteiger partial charge in [0.2, 0.25) is 0 Å². The van der Waals surface area contributed by atoms with Gasteiger partial charge in [0.1, 0.15) is 5.82 Å². The van der Waals surface area contributed by atoms with Gasteiger partial charge in [-0.15, -0.1) is 0 Å². The van der Waals surface area contributed by atoms with Crippen LogP contribution in [0.4, 0.5) is 14.9 Å². The molecule has 16 heavy (non-hydrogen) atoms. The van der Waals surface area contributed by atoms with Crippen LogP contribution in [0.3, 0.4) is 0 Å². The topological polar surface area (TPSA) is 29.5 Å². The largest absolute Gasteiger partial charge is 0.449 e. The number of hydrogen-bond acceptors (Lipinski definition) is 2. The number of benzene rings is 1. The summed E-state index contributed by atoms with van der Waals surface area (Å²) >= 11 is 3.11. The second-order valence-corrected chi connectivity index (χ2v) is 4.53. The smallest absolute Gasteiger partial charge is 0.414 e. The predicted molar refractivity (Wildman–Crippen MR) is 62.1 cm³/mol. The highest BCUT2D eigenvalue weighted by molar-refractivity contribution is 9.10. The van der Waals surface area contributed by atoms with E-state index in [1.807, 2.05) is 0 Å². The summed E-state index contributed by atoms with van der Waals surface area (Å²) in [6.45, 7) is 2.83. The Kier molecular flexibility index (Phi) is 3.14. The van der Waals surface area contributed by atoms with E-state index in [4.69, 9.17) is 4.74 Å². The fraction of sp³-hybridized carbons (Fsp3) is 0.364. The first kappa shape index (κ1) is 11.4. The van der Waals surface area contributed by atoms with Crippen molar-refractivity contribution in [3.05, 3.63) is 28.0 Å². The van der Waals surface area contributed by atoms with Gasteiger partial charge in [0.05, 0.1) is 16.8 Å². The van der Waals surface area contributed by atoms with Gasteiger partial charge in [0.25, 0.3) is 0 Å². The number of carbonyl (C=O) groups excluding carboxylic acids is 1. The Morgan fingerprint density at radius 2 is 2.25 bits per heavy atom. The number of hydrogen-bond donors (Lipinski definition) is 0. The van der Waals surface area contributed by atoms with Gasteiger partial charge >= 0.3 is 6.09 Å². The zero-order valence-corrected chi connectivity index (χ0v) is 10.4. The van der Waals surface area contributed by atoms with E-state index >= 15 is 0 Å². The number of anilines is 1. The summed E-state index contributed by atoms with van der Waals surface area (Å²) in [7, 11) is 0. The first-order valence-electron chi connectivity index (χ1n) is 4.99. The maximum Gasteiger partial charge on any atom is 0.414 e. The number of nitrogens with zero attached hydrogens (tertiary/aromatic N) is 1. The molecule has 2 rings (SSSR count). The molecule has 1 aliphatic heterocycles. The number of rotatable bonds is 1. The second kappa shape index (κ2) is 4.41. The lowest BCUT2D eigenvalue weighted by Gasteiger charge is -2.27. The summed E-state index contributed by atoms with van der Waals surface area (Å²) in [5, 5.41) is 0. The van der Waals surface area contributed by atoms with E-state index in [-0.39, 0.29) is 11.9 Å². The molecule has 0 aliphatic carbocycles. The van der Waals surface area contributed by atoms with Gasteiger partial charge in [-0.05, 0) is 47.0 Å². The molecule has 3 nitrogen and oxygen atoms in total. The minimum absolute atomic E-state index is 0.327. The molecule has 0 aromatic heterocycles. The maximum atomic E-state index is 13.2. The summed E-state index contributed by atoms with van der Waals surface area (Å²) in [5.74, 6) is -0.327. The van der Waals surface area contributed by atoms with Crippen LogP contribution in [0.2, 0.25) is 0 Å². The first-order chi connectivity index (χ1) is 7.59. The lowest BCUT2D eigenvalue weighted by Crippen LogP contribution is -2.38. The van der Waals surface area contributed by atoms with Crippen molar-refractivity contribution in [3.8, 4) is 0 Å². The van der Waals surface area contributed by atoms with E-state index in [1.165, 1.54) is 11.0 Å². The summed E-state index contributed by atoms with van der Waals surface area (Å²) in [6, 6.07) is 3.01. The van der Waals surface area contributed by atoms with Gasteiger partial charge in [-0.1, -0.05) is 0 Å². The highest BCUT2D eigenvalue weighted by atomic mass is 79.9. The van der Waals surface area contributed by atoms with Crippen LogP contribution in [0.1, 0.15) is 12.0 Å². The lowest BCUT2D eigenvalue weighted by atomic mass is 10.1. The van der Waals surface area contributed by atoms with E-state index in [9.17, 15) is 9.18 Å². The number of cyclic esters (lactones) is 1. The lowest BCUT2D eigenvalue weighted by molar-refractivity contribution is 0.140. The van der Waals surface area contributed by atoms with Crippen LogP contribution >= 0.6 is 15.9 Å². The van der Waals surface area contributed by atoms with Crippen molar-refractivity contribution in [2.45, 2.75) is 13.3 Å². The fourth-order valence-corrected chi connectivity index (χ4v) is 2.03. The molecule has 0 atom stereocenters. The zero-order chi connectivity index (χ0) is 11.7. The SMILES string of the molecule is Cc1cc(F)c(Br)cc1N1CCCOC1=O. The second-order valence-electron chi connectivity index (χ2n) is 3.67. The van der Waals surface area contributed by atoms with Crippen molar-refractivity contribution < 1.29 is 13.9 Å². The highest BCUT2D eigenvalue weighted by Gasteiger charge is 2.23. The third kappa shape index (κ3) is 2.04. The highest BCUT2D eigenvalue weighted by Crippen LogP contribution is 2.28. The standard InChI is InChI=1S/C11H11BrFNO2/c1-7-5-9(13)8(12)6-10(7)14-3-2-4-16-11(14)15/h5-6H,2-4H2,1H3. The van der Waals surface area contributed by atoms with Crippen molar-refractivity contribution in [2.24, 2.45) is 0 Å². The molecule has 1 aromatic rings. The molecule has 0 N–H and O–H groups in total. The normalized spacial score (nSPS) is 16.2. The predicted octanol–water partition coefficient (Wildman–Crippen LogP) is 3.24. The minimum atomic E-state index is -0.368. The molecular weight excluding hydrogens is 277 g/mol. The van der Waals surface area contributed by atoms with Crippen molar-refractivity contribution in [2.75, 3.05) is 18.1 Å². The molecule has 0 saturated carbocycles. The summed E-state index contributed by atoms with van der Waals surface area (Å²) in [6.07, 6.45) is 0.424. The van der Waals surface area contributed by atoms with Crippen molar-refractivity contribution >= 4 is 27.7 Å². The molecule has 1 amide bonds. The fourth-order valence-electron chi connectivity index (χ4n) is 1.70. The molecule has 1 heterocycles. The number of aryl methyl sites for hydroxylation is 1. The van der Waals surface area contributed by atoms with E-state index in [1.54, 1.807) is 13.0 Å². The van der Waals surface area contributed by atoms with Crippen LogP contribution in [0, 0.1) is 12.7 Å². The van der Waals surface area contributed by atoms with Gasteiger partial charge in [-0.2, -0.15) is 0 Å². The average molecular weight is 288 g/mol. The summed E-state index contributed by atoms with van der Waals surface area (Å²) < 4.78 is 18.5. The van der Waals surface area contributed by atoms with Crippen molar-refractivity contribution in [3.63, 3.8) is 0 Å². The van der Waals surface area contributed by atoms with Crippen LogP contribution in [0.5, 0.6) is 0 Å². The van der Waals surface area contributed by atoms with E-state index in [2.05, 4.69) is 15.9 Å². The molecule has 0 unspecified atom stereocenters. The molecule has 5 heteroatoms. The van der Waals surface area contributed by atoms with Crippen molar-refractivity contribution in [1.29, 1.82) is 0 Å². The number of ether oxygens (including phenoxy) is 1. The van der Waals surface area contributed by atoms with Crippen LogP contribution in [-0.2, 0) is 4.74 Å². The zero-order valence-electron chi connectivity index (χ0n) is 8.80. The molecule has 1 aliphatic rings. The Bertz CT molecular complexity index is 436. The number of halogens is 2. The number of amides is 1. The maximum absolute atomic E-state index is 13.2. The van der Waals surface area contributed by atoms with E-state index in [0.717, 1.165) is 12.0 Å². The van der Waals surface area contributed by atoms with Gasteiger partial charge in [-0.25, -0.2) is 9.18 Å². The quantitative estimate of drug-likeness (QED) is 0.794. The molecule has 0 bridgehead atoms. The minimum Gasteiger partial charge on any atom is -0.449 e. The van der Waals surface area contributed by atoms with Crippen LogP contribution in [-0.4, -0.2) is 19.2 Å². The van der Waals surface area contributed by atoms with Crippen LogP contribution in [0.25, 0.3) is 0 Å². The Morgan fingerprint density at radius 1 is 1.50 bits per heavy atom. The van der Waals surface area contributed by atoms with E-state index < -0.39 is 0 Å². The monoisotopic (exact) mass is 287 g/mol. The van der Waals surface area contributed by atoms with Crippen molar-refractivity contribution in [1.82, 2.24) is 0 Å². The summed E-state index contributed by atoms with van der Waals surface area (Å²) in [5.41, 5.74) is 1.41. The van der Waals surface area contributed by atoms with E-state index in [0.29, 0.717) is 23.3 Å². The van der Waals surface area contributed by atoms with Gasteiger partial charge in [0, 0.05) is 6.54 Å². The Labute approximate surface area is 101 Å². The van der Waals surface area contributed by atoms with Crippen LogP contribution in [0.15, 0.2) is 16.6 Å². The Balaban J connectivity index is 2.39. The third-order valence-corrected chi connectivity index (χ3v) is 3.11. The summed E-state index contributed by atoms with van der Waals surface area (Å²) in [4.78, 5) is 13.1. The molecule has 0 spiro atoms. The first-order valence-corrected chi connectivity index (χ1v) is 5.79.